The molecular formula is C23H27N7O4S. The smallest absolute Gasteiger partial charge is 0.243 e. The fraction of sp³-hybridized carbons (Fsp3) is 0.391. The van der Waals surface area contributed by atoms with Crippen LogP contribution >= 0.6 is 0 Å². The molecule has 0 unspecified atom stereocenters. The number of carbonyl (C=O) groups is 1. The van der Waals surface area contributed by atoms with E-state index in [1.165, 1.54) is 15.3 Å². The van der Waals surface area contributed by atoms with Crippen LogP contribution in [0.1, 0.15) is 18.4 Å². The minimum atomic E-state index is -3.68. The van der Waals surface area contributed by atoms with E-state index in [-0.39, 0.29) is 17.2 Å². The van der Waals surface area contributed by atoms with Crippen molar-refractivity contribution in [3.63, 3.8) is 0 Å². The van der Waals surface area contributed by atoms with Crippen molar-refractivity contribution in [2.45, 2.75) is 24.2 Å². The molecule has 0 atom stereocenters. The van der Waals surface area contributed by atoms with Crippen LogP contribution in [0.25, 0.3) is 5.69 Å². The largest absolute Gasteiger partial charge is 0.379 e. The van der Waals surface area contributed by atoms with Crippen LogP contribution in [0.5, 0.6) is 0 Å². The van der Waals surface area contributed by atoms with Crippen molar-refractivity contribution in [3.8, 4) is 5.69 Å². The van der Waals surface area contributed by atoms with Crippen LogP contribution < -0.4 is 10.2 Å². The first kappa shape index (κ1) is 23.4. The summed E-state index contributed by atoms with van der Waals surface area (Å²) in [7, 11) is -3.68. The van der Waals surface area contributed by atoms with Gasteiger partial charge in [-0.25, -0.2) is 13.1 Å². The summed E-state index contributed by atoms with van der Waals surface area (Å²) in [6.45, 7) is 3.13. The molecule has 5 rings (SSSR count). The summed E-state index contributed by atoms with van der Waals surface area (Å²) in [5.41, 5.74) is 2.96. The van der Waals surface area contributed by atoms with Crippen molar-refractivity contribution >= 4 is 27.3 Å². The van der Waals surface area contributed by atoms with Gasteiger partial charge in [0.25, 0.3) is 0 Å². The summed E-state index contributed by atoms with van der Waals surface area (Å²) in [6, 6.07) is 12.4. The lowest BCUT2D eigenvalue weighted by molar-refractivity contribution is -0.115. The quantitative estimate of drug-likeness (QED) is 0.521. The predicted octanol–water partition coefficient (Wildman–Crippen LogP) is 1.46. The Morgan fingerprint density at radius 2 is 1.74 bits per heavy atom. The Morgan fingerprint density at radius 1 is 1.00 bits per heavy atom. The molecular weight excluding hydrogens is 470 g/mol. The summed E-state index contributed by atoms with van der Waals surface area (Å²) in [4.78, 5) is 15.3. The van der Waals surface area contributed by atoms with Gasteiger partial charge in [-0.3, -0.25) is 4.79 Å². The average molecular weight is 498 g/mol. The summed E-state index contributed by atoms with van der Waals surface area (Å²) in [5.74, 6) is -0.221. The Labute approximate surface area is 203 Å². The Morgan fingerprint density at radius 3 is 2.43 bits per heavy atom. The maximum absolute atomic E-state index is 13.2. The fourth-order valence-corrected chi connectivity index (χ4v) is 5.81. The number of ether oxygens (including phenoxy) is 1. The van der Waals surface area contributed by atoms with Crippen molar-refractivity contribution in [3.05, 3.63) is 54.4 Å². The minimum Gasteiger partial charge on any atom is -0.379 e. The summed E-state index contributed by atoms with van der Waals surface area (Å²) >= 11 is 0. The van der Waals surface area contributed by atoms with Crippen LogP contribution in [-0.4, -0.2) is 78.2 Å². The Hall–Kier alpha value is -3.35. The molecule has 1 aromatic heterocycles. The monoisotopic (exact) mass is 497 g/mol. The van der Waals surface area contributed by atoms with Gasteiger partial charge in [0, 0.05) is 26.2 Å². The molecule has 2 aliphatic rings. The van der Waals surface area contributed by atoms with Gasteiger partial charge in [0.05, 0.1) is 41.6 Å². The first-order valence-corrected chi connectivity index (χ1v) is 13.0. The fourth-order valence-electron chi connectivity index (χ4n) is 4.37. The number of morpholine rings is 1. The van der Waals surface area contributed by atoms with Gasteiger partial charge in [-0.2, -0.15) is 4.31 Å². The predicted molar refractivity (Wildman–Crippen MR) is 129 cm³/mol. The summed E-state index contributed by atoms with van der Waals surface area (Å²) < 4.78 is 34.7. The molecule has 2 aliphatic heterocycles. The lowest BCUT2D eigenvalue weighted by atomic mass is 10.1. The number of nitrogens with zero attached hydrogens (tertiary/aromatic N) is 6. The molecule has 2 fully saturated rings. The molecule has 2 saturated heterocycles. The SMILES string of the molecule is O=C(Cc1ccc(-n2cnnn2)cc1)Nc1cc(S(=O)(=O)N2CCOCC2)ccc1N1CCCC1. The molecule has 0 bridgehead atoms. The molecule has 2 aromatic carbocycles. The van der Waals surface area contributed by atoms with Gasteiger partial charge >= 0.3 is 0 Å². The van der Waals surface area contributed by atoms with E-state index < -0.39 is 10.0 Å². The lowest BCUT2D eigenvalue weighted by Crippen LogP contribution is -2.40. The van der Waals surface area contributed by atoms with Gasteiger partial charge in [-0.1, -0.05) is 12.1 Å². The maximum Gasteiger partial charge on any atom is 0.243 e. The van der Waals surface area contributed by atoms with Gasteiger partial charge in [0.15, 0.2) is 0 Å². The van der Waals surface area contributed by atoms with Crippen molar-refractivity contribution in [2.75, 3.05) is 49.6 Å². The second-order valence-electron chi connectivity index (χ2n) is 8.54. The van der Waals surface area contributed by atoms with E-state index in [4.69, 9.17) is 4.74 Å². The number of aromatic nitrogens is 4. The molecule has 3 heterocycles. The molecule has 0 saturated carbocycles. The number of anilines is 2. The van der Waals surface area contributed by atoms with Crippen LogP contribution in [-0.2, 0) is 26.0 Å². The van der Waals surface area contributed by atoms with Gasteiger partial charge in [0.1, 0.15) is 6.33 Å². The second-order valence-corrected chi connectivity index (χ2v) is 10.5. The molecule has 12 heteroatoms. The first-order chi connectivity index (χ1) is 17.0. The van der Waals surface area contributed by atoms with Gasteiger partial charge in [0.2, 0.25) is 15.9 Å². The highest BCUT2D eigenvalue weighted by atomic mass is 32.2. The lowest BCUT2D eigenvalue weighted by Gasteiger charge is -2.27. The van der Waals surface area contributed by atoms with Crippen LogP contribution in [0.3, 0.4) is 0 Å². The van der Waals surface area contributed by atoms with E-state index in [1.54, 1.807) is 18.2 Å². The number of nitrogens with one attached hydrogen (secondary N) is 1. The van der Waals surface area contributed by atoms with Crippen molar-refractivity contribution in [1.82, 2.24) is 24.5 Å². The molecule has 0 spiro atoms. The topological polar surface area (TPSA) is 123 Å². The Kier molecular flexibility index (Phi) is 6.75. The molecule has 11 nitrogen and oxygen atoms in total. The molecule has 3 aromatic rings. The summed E-state index contributed by atoms with van der Waals surface area (Å²) in [5, 5.41) is 14.1. The van der Waals surface area contributed by atoms with E-state index in [0.717, 1.165) is 42.9 Å². The number of sulfonamides is 1. The Bertz CT molecular complexity index is 1270. The van der Waals surface area contributed by atoms with Crippen molar-refractivity contribution in [2.24, 2.45) is 0 Å². The van der Waals surface area contributed by atoms with Crippen molar-refractivity contribution < 1.29 is 17.9 Å². The zero-order valence-corrected chi connectivity index (χ0v) is 20.0. The number of tetrazole rings is 1. The standard InChI is InChI=1S/C23H27N7O4S/c31-23(15-18-3-5-19(6-4-18)30-17-24-26-27-30)25-21-16-20(7-8-22(21)28-9-1-2-10-28)35(32,33)29-11-13-34-14-12-29/h3-8,16-17H,1-2,9-15H2,(H,25,31). The summed E-state index contributed by atoms with van der Waals surface area (Å²) in [6.07, 6.45) is 3.78. The number of hydrogen-bond donors (Lipinski definition) is 1. The van der Waals surface area contributed by atoms with E-state index in [9.17, 15) is 13.2 Å². The molecule has 184 valence electrons. The molecule has 1 amide bonds. The molecule has 0 aliphatic carbocycles. The Balaban J connectivity index is 1.36. The van der Waals surface area contributed by atoms with E-state index in [1.807, 2.05) is 24.3 Å². The third-order valence-electron chi connectivity index (χ3n) is 6.21. The highest BCUT2D eigenvalue weighted by Crippen LogP contribution is 2.32. The van der Waals surface area contributed by atoms with Gasteiger partial charge < -0.3 is 15.0 Å². The van der Waals surface area contributed by atoms with Crippen LogP contribution in [0, 0.1) is 0 Å². The third-order valence-corrected chi connectivity index (χ3v) is 8.11. The highest BCUT2D eigenvalue weighted by molar-refractivity contribution is 7.89. The van der Waals surface area contributed by atoms with Crippen LogP contribution in [0.2, 0.25) is 0 Å². The maximum atomic E-state index is 13.2. The molecule has 1 N–H and O–H groups in total. The average Bonchev–Trinajstić information content (AvgIpc) is 3.60. The van der Waals surface area contributed by atoms with E-state index in [2.05, 4.69) is 25.7 Å². The second kappa shape index (κ2) is 10.1. The van der Waals surface area contributed by atoms with Crippen molar-refractivity contribution in [1.29, 1.82) is 0 Å². The zero-order valence-electron chi connectivity index (χ0n) is 19.2. The number of amides is 1. The van der Waals surface area contributed by atoms with E-state index >= 15 is 0 Å². The minimum absolute atomic E-state index is 0.149. The number of benzene rings is 2. The molecule has 0 radical (unpaired) electrons. The van der Waals surface area contributed by atoms with Crippen LogP contribution in [0.15, 0.2) is 53.7 Å². The first-order valence-electron chi connectivity index (χ1n) is 11.6. The molecule has 35 heavy (non-hydrogen) atoms. The normalized spacial score (nSPS) is 17.0. The zero-order chi connectivity index (χ0) is 24.3. The number of rotatable bonds is 7. The van der Waals surface area contributed by atoms with Gasteiger partial charge in [-0.05, 0) is 59.2 Å². The number of hydrogen-bond acceptors (Lipinski definition) is 8. The van der Waals surface area contributed by atoms with E-state index in [0.29, 0.717) is 32.0 Å². The third kappa shape index (κ3) is 5.19. The van der Waals surface area contributed by atoms with Gasteiger partial charge in [-0.15, -0.1) is 5.10 Å². The van der Waals surface area contributed by atoms with Crippen LogP contribution in [0.4, 0.5) is 11.4 Å². The highest BCUT2D eigenvalue weighted by Gasteiger charge is 2.28. The number of carbonyl (C=O) groups excluding carboxylic acids is 1.